The van der Waals surface area contributed by atoms with Crippen LogP contribution in [0.2, 0.25) is 0 Å². The fraction of sp³-hybridized carbons (Fsp3) is 0.167. The summed E-state index contributed by atoms with van der Waals surface area (Å²) in [5, 5.41) is 2.35. The van der Waals surface area contributed by atoms with E-state index in [1.807, 2.05) is 0 Å². The van der Waals surface area contributed by atoms with E-state index in [1.54, 1.807) is 0 Å². The van der Waals surface area contributed by atoms with E-state index < -0.39 is 5.97 Å². The van der Waals surface area contributed by atoms with E-state index in [9.17, 15) is 14.0 Å². The topological polar surface area (TPSA) is 55.4 Å². The fourth-order valence-electron chi connectivity index (χ4n) is 1.17. The van der Waals surface area contributed by atoms with Gasteiger partial charge in [0.05, 0.1) is 7.11 Å². The first-order chi connectivity index (χ1) is 8.02. The Morgan fingerprint density at radius 2 is 1.88 bits per heavy atom. The van der Waals surface area contributed by atoms with E-state index in [-0.39, 0.29) is 17.4 Å². The summed E-state index contributed by atoms with van der Waals surface area (Å²) >= 11 is 0. The Labute approximate surface area is 98.1 Å². The van der Waals surface area contributed by atoms with Crippen molar-refractivity contribution in [2.45, 2.75) is 6.92 Å². The maximum Gasteiger partial charge on any atom is 0.354 e. The highest BCUT2D eigenvalue weighted by Crippen LogP contribution is 2.08. The van der Waals surface area contributed by atoms with Crippen LogP contribution in [0.4, 0.5) is 4.39 Å². The van der Waals surface area contributed by atoms with E-state index in [0.717, 1.165) is 0 Å². The van der Waals surface area contributed by atoms with E-state index in [2.05, 4.69) is 10.1 Å². The summed E-state index contributed by atoms with van der Waals surface area (Å²) < 4.78 is 17.2. The molecule has 0 aromatic heterocycles. The number of ether oxygens (including phenoxy) is 1. The van der Waals surface area contributed by atoms with Crippen molar-refractivity contribution in [3.8, 4) is 0 Å². The van der Waals surface area contributed by atoms with Gasteiger partial charge in [0.1, 0.15) is 11.5 Å². The van der Waals surface area contributed by atoms with E-state index >= 15 is 0 Å². The summed E-state index contributed by atoms with van der Waals surface area (Å²) in [6.07, 6.45) is 1.41. The minimum atomic E-state index is -0.662. The highest BCUT2D eigenvalue weighted by atomic mass is 19.1. The monoisotopic (exact) mass is 237 g/mol. The second-order valence-corrected chi connectivity index (χ2v) is 3.28. The number of methoxy groups -OCH3 is 1. The molecule has 0 atom stereocenters. The standard InChI is InChI=1S/C12H12FNO3/c1-8(15)14-11(12(16)17-2)7-9-3-5-10(13)6-4-9/h3-7H,1-2H3,(H,14,15)/b11-7-. The van der Waals surface area contributed by atoms with Crippen LogP contribution in [0.15, 0.2) is 30.0 Å². The fourth-order valence-corrected chi connectivity index (χ4v) is 1.17. The third-order valence-corrected chi connectivity index (χ3v) is 1.90. The highest BCUT2D eigenvalue weighted by molar-refractivity contribution is 5.97. The zero-order valence-electron chi connectivity index (χ0n) is 9.49. The maximum absolute atomic E-state index is 12.7. The van der Waals surface area contributed by atoms with Crippen LogP contribution in [-0.2, 0) is 14.3 Å². The summed E-state index contributed by atoms with van der Waals surface area (Å²) in [4.78, 5) is 22.2. The van der Waals surface area contributed by atoms with Gasteiger partial charge in [0.2, 0.25) is 5.91 Å². The molecule has 90 valence electrons. The van der Waals surface area contributed by atoms with E-state index in [4.69, 9.17) is 0 Å². The van der Waals surface area contributed by atoms with Crippen LogP contribution in [0.25, 0.3) is 6.08 Å². The maximum atomic E-state index is 12.7. The van der Waals surface area contributed by atoms with Gasteiger partial charge < -0.3 is 10.1 Å². The van der Waals surface area contributed by atoms with Crippen molar-refractivity contribution >= 4 is 18.0 Å². The van der Waals surface area contributed by atoms with E-state index in [1.165, 1.54) is 44.4 Å². The average Bonchev–Trinajstić information content (AvgIpc) is 2.29. The number of carbonyl (C=O) groups is 2. The van der Waals surface area contributed by atoms with Gasteiger partial charge >= 0.3 is 5.97 Å². The van der Waals surface area contributed by atoms with Crippen LogP contribution in [0, 0.1) is 5.82 Å². The number of halogens is 1. The van der Waals surface area contributed by atoms with Crippen molar-refractivity contribution in [3.63, 3.8) is 0 Å². The molecule has 17 heavy (non-hydrogen) atoms. The molecule has 0 spiro atoms. The molecular weight excluding hydrogens is 225 g/mol. The molecule has 0 radical (unpaired) electrons. The summed E-state index contributed by atoms with van der Waals surface area (Å²) in [5.74, 6) is -1.42. The Balaban J connectivity index is 3.00. The SMILES string of the molecule is COC(=O)/C(=C/c1ccc(F)cc1)NC(C)=O. The van der Waals surface area contributed by atoms with Crippen molar-refractivity contribution in [1.82, 2.24) is 5.32 Å². The number of amides is 1. The molecule has 0 aliphatic heterocycles. The summed E-state index contributed by atoms with van der Waals surface area (Å²) in [5.41, 5.74) is 0.590. The Hall–Kier alpha value is -2.17. The predicted octanol–water partition coefficient (Wildman–Crippen LogP) is 1.48. The lowest BCUT2D eigenvalue weighted by Crippen LogP contribution is -2.25. The van der Waals surface area contributed by atoms with Crippen molar-refractivity contribution in [3.05, 3.63) is 41.3 Å². The lowest BCUT2D eigenvalue weighted by Gasteiger charge is -2.05. The van der Waals surface area contributed by atoms with Gasteiger partial charge in [-0.1, -0.05) is 12.1 Å². The first kappa shape index (κ1) is 12.9. The van der Waals surface area contributed by atoms with Crippen LogP contribution < -0.4 is 5.32 Å². The van der Waals surface area contributed by atoms with Crippen molar-refractivity contribution in [1.29, 1.82) is 0 Å². The summed E-state index contributed by atoms with van der Waals surface area (Å²) in [6.45, 7) is 1.28. The summed E-state index contributed by atoms with van der Waals surface area (Å²) in [7, 11) is 1.21. The molecular formula is C12H12FNO3. The number of nitrogens with one attached hydrogen (secondary N) is 1. The molecule has 0 aliphatic rings. The highest BCUT2D eigenvalue weighted by Gasteiger charge is 2.10. The minimum Gasteiger partial charge on any atom is -0.464 e. The third kappa shape index (κ3) is 4.06. The van der Waals surface area contributed by atoms with Crippen molar-refractivity contribution in [2.24, 2.45) is 0 Å². The molecule has 4 nitrogen and oxygen atoms in total. The third-order valence-electron chi connectivity index (χ3n) is 1.90. The number of hydrogen-bond donors (Lipinski definition) is 1. The van der Waals surface area contributed by atoms with Crippen LogP contribution in [-0.4, -0.2) is 19.0 Å². The number of rotatable bonds is 3. The van der Waals surface area contributed by atoms with E-state index in [0.29, 0.717) is 5.56 Å². The number of carbonyl (C=O) groups excluding carboxylic acids is 2. The molecule has 0 saturated heterocycles. The number of benzene rings is 1. The molecule has 0 unspecified atom stereocenters. The van der Waals surface area contributed by atoms with Gasteiger partial charge in [-0.25, -0.2) is 9.18 Å². The molecule has 0 saturated carbocycles. The summed E-state index contributed by atoms with van der Waals surface area (Å²) in [6, 6.07) is 5.49. The Morgan fingerprint density at radius 1 is 1.29 bits per heavy atom. The van der Waals surface area contributed by atoms with Gasteiger partial charge in [-0.15, -0.1) is 0 Å². The molecule has 1 amide bonds. The first-order valence-electron chi connectivity index (χ1n) is 4.86. The molecule has 1 aromatic carbocycles. The van der Waals surface area contributed by atoms with Crippen molar-refractivity contribution < 1.29 is 18.7 Å². The van der Waals surface area contributed by atoms with Gasteiger partial charge in [-0.2, -0.15) is 0 Å². The largest absolute Gasteiger partial charge is 0.464 e. The van der Waals surface area contributed by atoms with Crippen LogP contribution in [0.1, 0.15) is 12.5 Å². The second-order valence-electron chi connectivity index (χ2n) is 3.28. The Kier molecular flexibility index (Phi) is 4.39. The molecule has 1 aromatic rings. The Morgan fingerprint density at radius 3 is 2.35 bits per heavy atom. The molecule has 0 heterocycles. The van der Waals surface area contributed by atoms with Gasteiger partial charge in [-0.3, -0.25) is 4.79 Å². The van der Waals surface area contributed by atoms with Gasteiger partial charge in [-0.05, 0) is 23.8 Å². The quantitative estimate of drug-likeness (QED) is 0.640. The lowest BCUT2D eigenvalue weighted by atomic mass is 10.2. The predicted molar refractivity (Wildman–Crippen MR) is 60.2 cm³/mol. The van der Waals surface area contributed by atoms with Crippen molar-refractivity contribution in [2.75, 3.05) is 7.11 Å². The molecule has 0 aliphatic carbocycles. The van der Waals surface area contributed by atoms with Gasteiger partial charge in [0, 0.05) is 6.92 Å². The smallest absolute Gasteiger partial charge is 0.354 e. The molecule has 0 fully saturated rings. The molecule has 5 heteroatoms. The number of hydrogen-bond acceptors (Lipinski definition) is 3. The zero-order chi connectivity index (χ0) is 12.8. The average molecular weight is 237 g/mol. The van der Waals surface area contributed by atoms with Crippen LogP contribution >= 0.6 is 0 Å². The minimum absolute atomic E-state index is 0.00612. The van der Waals surface area contributed by atoms with Gasteiger partial charge in [0.25, 0.3) is 0 Å². The molecule has 1 N–H and O–H groups in total. The number of esters is 1. The van der Waals surface area contributed by atoms with Crippen LogP contribution in [0.3, 0.4) is 0 Å². The molecule has 0 bridgehead atoms. The normalized spacial score (nSPS) is 10.9. The lowest BCUT2D eigenvalue weighted by molar-refractivity contribution is -0.137. The first-order valence-corrected chi connectivity index (χ1v) is 4.86. The van der Waals surface area contributed by atoms with Crippen LogP contribution in [0.5, 0.6) is 0 Å². The second kappa shape index (κ2) is 5.79. The zero-order valence-corrected chi connectivity index (χ0v) is 9.49. The van der Waals surface area contributed by atoms with Gasteiger partial charge in [0.15, 0.2) is 0 Å². The Bertz CT molecular complexity index is 451. The molecule has 1 rings (SSSR count).